The molecule has 0 aromatic heterocycles. The summed E-state index contributed by atoms with van der Waals surface area (Å²) >= 11 is 1.32. The van der Waals surface area contributed by atoms with Crippen LogP contribution in [0.25, 0.3) is 0 Å². The Hall–Kier alpha value is -2.87. The van der Waals surface area contributed by atoms with E-state index in [0.29, 0.717) is 31.3 Å². The van der Waals surface area contributed by atoms with Gasteiger partial charge < -0.3 is 24.4 Å². The van der Waals surface area contributed by atoms with Gasteiger partial charge in [0.25, 0.3) is 5.91 Å². The van der Waals surface area contributed by atoms with Crippen LogP contribution in [-0.2, 0) is 20.9 Å². The molecule has 0 bridgehead atoms. The zero-order valence-corrected chi connectivity index (χ0v) is 17.3. The molecule has 3 rings (SSSR count). The molecule has 0 radical (unpaired) electrons. The number of fused-ring (bicyclic) bond motifs is 1. The minimum Gasteiger partial charge on any atom is -0.486 e. The first-order valence-electron chi connectivity index (χ1n) is 9.22. The van der Waals surface area contributed by atoms with E-state index < -0.39 is 5.97 Å². The number of amides is 1. The molecule has 0 aliphatic carbocycles. The molecule has 0 saturated heterocycles. The van der Waals surface area contributed by atoms with Crippen molar-refractivity contribution in [3.8, 4) is 11.5 Å². The molecular weight excluding hydrogens is 392 g/mol. The molecule has 1 heterocycles. The molecule has 8 heteroatoms. The molecule has 7 nitrogen and oxygen atoms in total. The van der Waals surface area contributed by atoms with E-state index >= 15 is 0 Å². The first kappa shape index (κ1) is 20.9. The highest BCUT2D eigenvalue weighted by molar-refractivity contribution is 8.00. The van der Waals surface area contributed by atoms with Gasteiger partial charge in [0.15, 0.2) is 18.1 Å². The number of carbonyl (C=O) groups is 2. The van der Waals surface area contributed by atoms with Crippen LogP contribution in [0.3, 0.4) is 0 Å². The Labute approximate surface area is 174 Å². The van der Waals surface area contributed by atoms with Crippen molar-refractivity contribution >= 4 is 29.3 Å². The number of ether oxygens (including phenoxy) is 3. The molecule has 29 heavy (non-hydrogen) atoms. The molecule has 0 unspecified atom stereocenters. The number of anilines is 1. The lowest BCUT2D eigenvalue weighted by molar-refractivity contribution is -0.145. The molecule has 0 spiro atoms. The van der Waals surface area contributed by atoms with Crippen molar-refractivity contribution in [2.45, 2.75) is 11.4 Å². The molecule has 1 amide bonds. The first-order valence-corrected chi connectivity index (χ1v) is 10.2. The average molecular weight is 416 g/mol. The van der Waals surface area contributed by atoms with Gasteiger partial charge in [0, 0.05) is 31.2 Å². The molecule has 2 aromatic carbocycles. The summed E-state index contributed by atoms with van der Waals surface area (Å²) in [6.07, 6.45) is 0. The summed E-state index contributed by atoms with van der Waals surface area (Å²) in [5.41, 5.74) is 2.06. The normalized spacial score (nSPS) is 12.2. The van der Waals surface area contributed by atoms with E-state index in [1.807, 2.05) is 61.5 Å². The highest BCUT2D eigenvalue weighted by Gasteiger charge is 2.13. The fourth-order valence-corrected chi connectivity index (χ4v) is 3.33. The van der Waals surface area contributed by atoms with Gasteiger partial charge in [-0.15, -0.1) is 11.8 Å². The van der Waals surface area contributed by atoms with Crippen molar-refractivity contribution in [2.24, 2.45) is 0 Å². The number of hydrogen-bond acceptors (Lipinski definition) is 7. The zero-order chi connectivity index (χ0) is 20.6. The fourth-order valence-electron chi connectivity index (χ4n) is 2.61. The first-order chi connectivity index (χ1) is 14.0. The number of hydrogen-bond donors (Lipinski definition) is 1. The molecule has 0 atom stereocenters. The van der Waals surface area contributed by atoms with E-state index in [4.69, 9.17) is 14.2 Å². The predicted molar refractivity (Wildman–Crippen MR) is 112 cm³/mol. The molecule has 1 N–H and O–H groups in total. The Morgan fingerprint density at radius 3 is 2.52 bits per heavy atom. The van der Waals surface area contributed by atoms with Gasteiger partial charge in [-0.25, -0.2) is 0 Å². The van der Waals surface area contributed by atoms with Crippen LogP contribution in [0, 0.1) is 0 Å². The average Bonchev–Trinajstić information content (AvgIpc) is 2.75. The Bertz CT molecular complexity index is 855. The summed E-state index contributed by atoms with van der Waals surface area (Å²) in [6.45, 7) is 1.14. The fraction of sp³-hybridized carbons (Fsp3) is 0.333. The molecule has 154 valence electrons. The summed E-state index contributed by atoms with van der Waals surface area (Å²) in [5, 5.41) is 2.74. The van der Waals surface area contributed by atoms with Gasteiger partial charge in [-0.1, -0.05) is 12.1 Å². The van der Waals surface area contributed by atoms with Crippen LogP contribution in [0.2, 0.25) is 0 Å². The summed E-state index contributed by atoms with van der Waals surface area (Å²) in [5.74, 6) is 0.706. The molecule has 0 fully saturated rings. The van der Waals surface area contributed by atoms with Gasteiger partial charge in [0.1, 0.15) is 13.2 Å². The van der Waals surface area contributed by atoms with Crippen molar-refractivity contribution in [2.75, 3.05) is 44.6 Å². The number of thioether (sulfide) groups is 1. The maximum Gasteiger partial charge on any atom is 0.316 e. The topological polar surface area (TPSA) is 77.1 Å². The summed E-state index contributed by atoms with van der Waals surface area (Å²) in [6, 6.07) is 13.4. The van der Waals surface area contributed by atoms with Gasteiger partial charge in [-0.2, -0.15) is 0 Å². The lowest BCUT2D eigenvalue weighted by Crippen LogP contribution is -2.28. The molecule has 2 aromatic rings. The number of rotatable bonds is 8. The van der Waals surface area contributed by atoms with E-state index in [1.165, 1.54) is 11.8 Å². The number of nitrogens with zero attached hydrogens (tertiary/aromatic N) is 1. The van der Waals surface area contributed by atoms with Crippen LogP contribution < -0.4 is 19.7 Å². The quantitative estimate of drug-likeness (QED) is 0.523. The SMILES string of the molecule is CN(C)c1ccc(CNC(=O)COC(=O)CSc2ccc3c(c2)OCCO3)cc1. The van der Waals surface area contributed by atoms with Crippen LogP contribution in [0.15, 0.2) is 47.4 Å². The molecule has 1 aliphatic rings. The molecular formula is C21H24N2O5S. The summed E-state index contributed by atoms with van der Waals surface area (Å²) in [7, 11) is 3.94. The maximum atomic E-state index is 11.9. The standard InChI is InChI=1S/C21H24N2O5S/c1-23(2)16-5-3-15(4-6-16)12-22-20(24)13-28-21(25)14-29-17-7-8-18-19(11-17)27-10-9-26-18/h3-8,11H,9-10,12-14H2,1-2H3,(H,22,24). The van der Waals surface area contributed by atoms with Crippen LogP contribution in [0.5, 0.6) is 11.5 Å². The van der Waals surface area contributed by atoms with Crippen molar-refractivity contribution in [3.05, 3.63) is 48.0 Å². The summed E-state index contributed by atoms with van der Waals surface area (Å²) < 4.78 is 16.0. The van der Waals surface area contributed by atoms with E-state index in [-0.39, 0.29) is 18.3 Å². The van der Waals surface area contributed by atoms with Crippen LogP contribution >= 0.6 is 11.8 Å². The minimum atomic E-state index is -0.449. The largest absolute Gasteiger partial charge is 0.486 e. The maximum absolute atomic E-state index is 11.9. The lowest BCUT2D eigenvalue weighted by Gasteiger charge is -2.18. The van der Waals surface area contributed by atoms with Crippen LogP contribution in [-0.4, -0.2) is 51.5 Å². The molecule has 1 aliphatic heterocycles. The Morgan fingerprint density at radius 1 is 1.07 bits per heavy atom. The predicted octanol–water partition coefficient (Wildman–Crippen LogP) is 2.48. The third-order valence-electron chi connectivity index (χ3n) is 4.18. The van der Waals surface area contributed by atoms with E-state index in [0.717, 1.165) is 16.1 Å². The highest BCUT2D eigenvalue weighted by atomic mass is 32.2. The van der Waals surface area contributed by atoms with Crippen molar-refractivity contribution in [1.29, 1.82) is 0 Å². The zero-order valence-electron chi connectivity index (χ0n) is 16.5. The summed E-state index contributed by atoms with van der Waals surface area (Å²) in [4.78, 5) is 26.7. The van der Waals surface area contributed by atoms with Crippen molar-refractivity contribution < 1.29 is 23.8 Å². The second-order valence-electron chi connectivity index (χ2n) is 6.59. The monoisotopic (exact) mass is 416 g/mol. The minimum absolute atomic E-state index is 0.110. The number of benzene rings is 2. The Balaban J connectivity index is 1.36. The molecule has 0 saturated carbocycles. The van der Waals surface area contributed by atoms with E-state index in [2.05, 4.69) is 5.32 Å². The van der Waals surface area contributed by atoms with Gasteiger partial charge in [0.2, 0.25) is 0 Å². The highest BCUT2D eigenvalue weighted by Crippen LogP contribution is 2.34. The Kier molecular flexibility index (Phi) is 7.24. The number of nitrogens with one attached hydrogen (secondary N) is 1. The van der Waals surface area contributed by atoms with Crippen LogP contribution in [0.1, 0.15) is 5.56 Å². The smallest absolute Gasteiger partial charge is 0.316 e. The van der Waals surface area contributed by atoms with Gasteiger partial charge in [0.05, 0.1) is 5.75 Å². The van der Waals surface area contributed by atoms with Crippen molar-refractivity contribution in [1.82, 2.24) is 5.32 Å². The lowest BCUT2D eigenvalue weighted by atomic mass is 10.2. The van der Waals surface area contributed by atoms with Gasteiger partial charge in [-0.3, -0.25) is 9.59 Å². The van der Waals surface area contributed by atoms with E-state index in [1.54, 1.807) is 0 Å². The van der Waals surface area contributed by atoms with Gasteiger partial charge in [-0.05, 0) is 35.9 Å². The third-order valence-corrected chi connectivity index (χ3v) is 5.14. The number of carbonyl (C=O) groups excluding carboxylic acids is 2. The third kappa shape index (κ3) is 6.32. The number of esters is 1. The second kappa shape index (κ2) is 10.1. The second-order valence-corrected chi connectivity index (χ2v) is 7.64. The van der Waals surface area contributed by atoms with Gasteiger partial charge >= 0.3 is 5.97 Å². The van der Waals surface area contributed by atoms with E-state index in [9.17, 15) is 9.59 Å². The Morgan fingerprint density at radius 2 is 1.79 bits per heavy atom. The van der Waals surface area contributed by atoms with Crippen LogP contribution in [0.4, 0.5) is 5.69 Å². The van der Waals surface area contributed by atoms with Crippen molar-refractivity contribution in [3.63, 3.8) is 0 Å².